The SMILES string of the molecule is c1ccc(-c2nc(-c3ccccc3)nc(-c3cc(-c4ccc(-c5ccc(-n6c7ccccc7c7ccccc76)cc5)cc4)cc4c3sc3ccccc34)n2)cc1. The van der Waals surface area contributed by atoms with Crippen LogP contribution in [-0.4, -0.2) is 19.5 Å². The number of hydrogen-bond donors (Lipinski definition) is 0. The zero-order valence-corrected chi connectivity index (χ0v) is 31.0. The van der Waals surface area contributed by atoms with E-state index in [1.54, 1.807) is 11.3 Å². The van der Waals surface area contributed by atoms with E-state index in [1.807, 2.05) is 36.4 Å². The molecule has 5 heteroatoms. The van der Waals surface area contributed by atoms with Crippen molar-refractivity contribution in [2.45, 2.75) is 0 Å². The molecule has 8 aromatic carbocycles. The fourth-order valence-corrected chi connectivity index (χ4v) is 9.14. The fourth-order valence-electron chi connectivity index (χ4n) is 7.95. The van der Waals surface area contributed by atoms with Gasteiger partial charge in [0.05, 0.1) is 11.0 Å². The molecule has 262 valence electrons. The van der Waals surface area contributed by atoms with Gasteiger partial charge in [0.25, 0.3) is 0 Å². The largest absolute Gasteiger partial charge is 0.309 e. The van der Waals surface area contributed by atoms with Crippen molar-refractivity contribution in [1.82, 2.24) is 19.5 Å². The molecule has 4 nitrogen and oxygen atoms in total. The minimum Gasteiger partial charge on any atom is -0.309 e. The first-order valence-corrected chi connectivity index (χ1v) is 19.6. The maximum Gasteiger partial charge on any atom is 0.165 e. The Balaban J connectivity index is 1.01. The van der Waals surface area contributed by atoms with E-state index in [0.29, 0.717) is 17.5 Å². The molecule has 0 amide bonds. The van der Waals surface area contributed by atoms with E-state index in [2.05, 4.69) is 162 Å². The van der Waals surface area contributed by atoms with Gasteiger partial charge < -0.3 is 4.57 Å². The molecule has 3 heterocycles. The Labute approximate surface area is 327 Å². The maximum absolute atomic E-state index is 5.15. The van der Waals surface area contributed by atoms with Crippen molar-refractivity contribution in [3.05, 3.63) is 194 Å². The summed E-state index contributed by atoms with van der Waals surface area (Å²) >= 11 is 1.79. The number of thiophene rings is 1. The summed E-state index contributed by atoms with van der Waals surface area (Å²) in [5.74, 6) is 1.97. The van der Waals surface area contributed by atoms with E-state index in [9.17, 15) is 0 Å². The molecule has 0 atom stereocenters. The highest BCUT2D eigenvalue weighted by molar-refractivity contribution is 7.26. The smallest absolute Gasteiger partial charge is 0.165 e. The lowest BCUT2D eigenvalue weighted by atomic mass is 9.97. The van der Waals surface area contributed by atoms with Gasteiger partial charge in [0.1, 0.15) is 0 Å². The summed E-state index contributed by atoms with van der Waals surface area (Å²) in [7, 11) is 0. The number of aromatic nitrogens is 4. The molecule has 3 aromatic heterocycles. The monoisotopic (exact) mass is 732 g/mol. The van der Waals surface area contributed by atoms with Crippen LogP contribution in [0.4, 0.5) is 0 Å². The van der Waals surface area contributed by atoms with E-state index in [4.69, 9.17) is 15.0 Å². The van der Waals surface area contributed by atoms with Crippen LogP contribution in [0, 0.1) is 0 Å². The van der Waals surface area contributed by atoms with Gasteiger partial charge in [0.2, 0.25) is 0 Å². The third-order valence-electron chi connectivity index (χ3n) is 10.7. The van der Waals surface area contributed by atoms with E-state index >= 15 is 0 Å². The Morgan fingerprint density at radius 2 is 0.804 bits per heavy atom. The van der Waals surface area contributed by atoms with Crippen LogP contribution >= 0.6 is 11.3 Å². The predicted octanol–water partition coefficient (Wildman–Crippen LogP) is 13.7. The van der Waals surface area contributed by atoms with Crippen LogP contribution in [0.5, 0.6) is 0 Å². The summed E-state index contributed by atoms with van der Waals surface area (Å²) in [4.78, 5) is 15.3. The first-order chi connectivity index (χ1) is 27.7. The van der Waals surface area contributed by atoms with Crippen LogP contribution < -0.4 is 0 Å². The van der Waals surface area contributed by atoms with Gasteiger partial charge in [0, 0.05) is 53.3 Å². The Morgan fingerprint density at radius 3 is 1.39 bits per heavy atom. The number of rotatable bonds is 6. The number of fused-ring (bicyclic) bond motifs is 6. The first-order valence-electron chi connectivity index (χ1n) is 18.8. The van der Waals surface area contributed by atoms with Crippen molar-refractivity contribution in [2.75, 3.05) is 0 Å². The molecule has 11 aromatic rings. The second-order valence-corrected chi connectivity index (χ2v) is 15.1. The highest BCUT2D eigenvalue weighted by atomic mass is 32.1. The second kappa shape index (κ2) is 13.3. The van der Waals surface area contributed by atoms with E-state index < -0.39 is 0 Å². The van der Waals surface area contributed by atoms with Crippen LogP contribution in [0.1, 0.15) is 0 Å². The van der Waals surface area contributed by atoms with Crippen molar-refractivity contribution in [1.29, 1.82) is 0 Å². The van der Waals surface area contributed by atoms with Gasteiger partial charge in [-0.15, -0.1) is 11.3 Å². The Hall–Kier alpha value is -7.21. The lowest BCUT2D eigenvalue weighted by Crippen LogP contribution is -2.00. The van der Waals surface area contributed by atoms with Gasteiger partial charge in [0.15, 0.2) is 17.5 Å². The second-order valence-electron chi connectivity index (χ2n) is 14.0. The molecule has 0 N–H and O–H groups in total. The lowest BCUT2D eigenvalue weighted by Gasteiger charge is -2.12. The highest BCUT2D eigenvalue weighted by Gasteiger charge is 2.19. The first kappa shape index (κ1) is 32.2. The topological polar surface area (TPSA) is 43.6 Å². The predicted molar refractivity (Wildman–Crippen MR) is 234 cm³/mol. The summed E-state index contributed by atoms with van der Waals surface area (Å²) in [5.41, 5.74) is 11.1. The quantitative estimate of drug-likeness (QED) is 0.171. The molecule has 0 saturated carbocycles. The van der Waals surface area contributed by atoms with Crippen LogP contribution in [0.3, 0.4) is 0 Å². The molecule has 0 radical (unpaired) electrons. The minimum atomic E-state index is 0.655. The zero-order valence-electron chi connectivity index (χ0n) is 30.2. The van der Waals surface area contributed by atoms with Gasteiger partial charge in [-0.1, -0.05) is 152 Å². The fraction of sp³-hybridized carbons (Fsp3) is 0. The molecule has 0 unspecified atom stereocenters. The molecule has 56 heavy (non-hydrogen) atoms. The molecule has 0 aliphatic carbocycles. The lowest BCUT2D eigenvalue weighted by molar-refractivity contribution is 1.08. The Bertz CT molecular complexity index is 3110. The highest BCUT2D eigenvalue weighted by Crippen LogP contribution is 2.43. The van der Waals surface area contributed by atoms with E-state index in [-0.39, 0.29) is 0 Å². The number of para-hydroxylation sites is 2. The third-order valence-corrected chi connectivity index (χ3v) is 11.9. The van der Waals surface area contributed by atoms with Crippen LogP contribution in [0.2, 0.25) is 0 Å². The Kier molecular flexibility index (Phi) is 7.64. The average Bonchev–Trinajstić information content (AvgIpc) is 3.83. The third kappa shape index (κ3) is 5.48. The van der Waals surface area contributed by atoms with Gasteiger partial charge in [-0.05, 0) is 64.7 Å². The molecule has 0 aliphatic rings. The maximum atomic E-state index is 5.15. The van der Waals surface area contributed by atoms with E-state index in [1.165, 1.54) is 53.1 Å². The summed E-state index contributed by atoms with van der Waals surface area (Å²) in [6, 6.07) is 68.7. The van der Waals surface area contributed by atoms with Gasteiger partial charge in [-0.2, -0.15) is 0 Å². The Morgan fingerprint density at radius 1 is 0.339 bits per heavy atom. The summed E-state index contributed by atoms with van der Waals surface area (Å²) in [6.45, 7) is 0. The normalized spacial score (nSPS) is 11.6. The molecular formula is C51H32N4S. The molecule has 0 spiro atoms. The molecule has 11 rings (SSSR count). The van der Waals surface area contributed by atoms with Gasteiger partial charge >= 0.3 is 0 Å². The van der Waals surface area contributed by atoms with Crippen molar-refractivity contribution >= 4 is 53.3 Å². The van der Waals surface area contributed by atoms with Gasteiger partial charge in [-0.3, -0.25) is 0 Å². The molecule has 0 saturated heterocycles. The van der Waals surface area contributed by atoms with Crippen LogP contribution in [0.15, 0.2) is 194 Å². The summed E-state index contributed by atoms with van der Waals surface area (Å²) in [5, 5.41) is 4.97. The standard InChI is InChI=1S/C51H32N4S/c1-3-13-36(14-4-1)49-52-50(37-15-5-2-6-16-37)54-51(53-49)44-32-38(31-43-42-19-9-12-22-47(42)56-48(43)44)35-25-23-33(24-26-35)34-27-29-39(30-28-34)55-45-20-10-7-17-40(45)41-18-8-11-21-46(41)55/h1-32H. The van der Waals surface area contributed by atoms with Crippen molar-refractivity contribution in [2.24, 2.45) is 0 Å². The van der Waals surface area contributed by atoms with Gasteiger partial charge in [-0.25, -0.2) is 15.0 Å². The van der Waals surface area contributed by atoms with Crippen LogP contribution in [0.25, 0.3) is 104 Å². The summed E-state index contributed by atoms with van der Waals surface area (Å²) < 4.78 is 4.76. The van der Waals surface area contributed by atoms with Crippen molar-refractivity contribution in [3.8, 4) is 62.1 Å². The molecule has 0 bridgehead atoms. The zero-order chi connectivity index (χ0) is 37.0. The number of benzene rings is 8. The minimum absolute atomic E-state index is 0.655. The number of hydrogen-bond acceptors (Lipinski definition) is 4. The van der Waals surface area contributed by atoms with Crippen molar-refractivity contribution in [3.63, 3.8) is 0 Å². The van der Waals surface area contributed by atoms with Crippen LogP contribution in [-0.2, 0) is 0 Å². The van der Waals surface area contributed by atoms with Crippen molar-refractivity contribution < 1.29 is 0 Å². The molecule has 0 fully saturated rings. The number of nitrogens with zero attached hydrogens (tertiary/aromatic N) is 4. The summed E-state index contributed by atoms with van der Waals surface area (Å²) in [6.07, 6.45) is 0. The van der Waals surface area contributed by atoms with E-state index in [0.717, 1.165) is 33.5 Å². The molecule has 0 aliphatic heterocycles. The molecular weight excluding hydrogens is 701 g/mol. The average molecular weight is 733 g/mol.